The molecule has 2 aromatic carbocycles. The van der Waals surface area contributed by atoms with Gasteiger partial charge < -0.3 is 10.2 Å². The average Bonchev–Trinajstić information content (AvgIpc) is 2.52. The summed E-state index contributed by atoms with van der Waals surface area (Å²) in [4.78, 5) is 12.3. The molecule has 0 saturated heterocycles. The molecule has 0 spiro atoms. The van der Waals surface area contributed by atoms with Crippen molar-refractivity contribution in [3.05, 3.63) is 48.0 Å². The van der Waals surface area contributed by atoms with Crippen molar-refractivity contribution in [2.75, 3.05) is 30.5 Å². The molecule has 0 aliphatic heterocycles. The Morgan fingerprint density at radius 2 is 1.33 bits per heavy atom. The minimum atomic E-state index is -10.7. The first kappa shape index (κ1) is 23.7. The van der Waals surface area contributed by atoms with Crippen LogP contribution in [0.4, 0.5) is 25.2 Å². The second kappa shape index (κ2) is 8.34. The van der Waals surface area contributed by atoms with Crippen LogP contribution >= 0.6 is 7.81 Å². The van der Waals surface area contributed by atoms with Gasteiger partial charge in [0.15, 0.2) is 5.75 Å². The van der Waals surface area contributed by atoms with Gasteiger partial charge in [0.2, 0.25) is 5.78 Å². The van der Waals surface area contributed by atoms with Gasteiger partial charge in [0.1, 0.15) is 11.5 Å². The number of Topliss-reactive ketones (excluding diaryl/α,β-unsaturated/α-hetero) is 1. The Balaban J connectivity index is 0.000000445. The minimum Gasteiger partial charge on any atom is -0.391 e. The maximum atomic E-state index is 12.3. The van der Waals surface area contributed by atoms with E-state index >= 15 is 0 Å². The van der Waals surface area contributed by atoms with E-state index in [4.69, 9.17) is 10.2 Å². The number of hydrogen-bond donors (Lipinski definition) is 2. The number of benzene rings is 2. The molecule has 154 valence electrons. The van der Waals surface area contributed by atoms with Gasteiger partial charge in [-0.25, -0.2) is 0 Å². The number of fused-ring (bicyclic) bond motifs is 1. The Labute approximate surface area is 154 Å². The molecule has 0 heterocycles. The van der Waals surface area contributed by atoms with Crippen molar-refractivity contribution < 1.29 is 40.2 Å². The average molecular weight is 436 g/mol. The maximum absolute atomic E-state index is 12.3. The third-order valence-electron chi connectivity index (χ3n) is 3.17. The van der Waals surface area contributed by atoms with Gasteiger partial charge in [-0.05, 0) is 16.8 Å². The number of halogens is 6. The zero-order valence-corrected chi connectivity index (χ0v) is 15.7. The van der Waals surface area contributed by atoms with Crippen molar-refractivity contribution in [2.45, 2.75) is 0 Å². The van der Waals surface area contributed by atoms with E-state index in [9.17, 15) is 30.0 Å². The number of ketones is 1. The summed E-state index contributed by atoms with van der Waals surface area (Å²) in [5.74, 6) is 1.65. The summed E-state index contributed by atoms with van der Waals surface area (Å²) in [6, 6.07) is 13.7. The van der Waals surface area contributed by atoms with Gasteiger partial charge in [0.25, 0.3) is 0 Å². The molecule has 0 amide bonds. The molecule has 0 saturated carbocycles. The molecule has 0 unspecified atom stereocenters. The van der Waals surface area contributed by atoms with Crippen LogP contribution in [0.15, 0.2) is 42.5 Å². The van der Waals surface area contributed by atoms with E-state index in [1.165, 1.54) is 0 Å². The molecule has 0 radical (unpaired) electrons. The van der Waals surface area contributed by atoms with E-state index in [0.29, 0.717) is 22.8 Å². The molecule has 2 aromatic rings. The molecule has 0 aliphatic rings. The Kier molecular flexibility index (Phi) is 7.32. The van der Waals surface area contributed by atoms with Crippen LogP contribution in [0.25, 0.3) is 10.8 Å². The van der Waals surface area contributed by atoms with Crippen molar-refractivity contribution >= 4 is 35.3 Å². The van der Waals surface area contributed by atoms with Crippen LogP contribution in [0.5, 0.6) is 0 Å². The first-order valence-corrected chi connectivity index (χ1v) is 11.4. The van der Waals surface area contributed by atoms with Gasteiger partial charge in [-0.3, -0.25) is 4.79 Å². The molecule has 2 N–H and O–H groups in total. The molecule has 27 heavy (non-hydrogen) atoms. The number of hydrogen-bond acceptors (Lipinski definition) is 3. The van der Waals surface area contributed by atoms with Crippen LogP contribution in [0.1, 0.15) is 10.4 Å². The summed E-state index contributed by atoms with van der Waals surface area (Å²) in [5, 5.41) is 20.2. The van der Waals surface area contributed by atoms with Gasteiger partial charge in [-0.2, -0.15) is 0 Å². The SMILES string of the molecule is F[P-](F)(F)(F)(F)F.O=C(C[S+](CCO)CCO)c1ccc2ccccc2c1. The van der Waals surface area contributed by atoms with Crippen LogP contribution in [0.2, 0.25) is 0 Å². The number of rotatable bonds is 7. The van der Waals surface area contributed by atoms with Crippen LogP contribution in [0.3, 0.4) is 0 Å². The van der Waals surface area contributed by atoms with E-state index < -0.39 is 7.81 Å². The molecule has 0 atom stereocenters. The van der Waals surface area contributed by atoms with Crippen molar-refractivity contribution in [1.29, 1.82) is 0 Å². The molecule has 0 fully saturated rings. The smallest absolute Gasteiger partial charge is 0.211 e. The Hall–Kier alpha value is -1.35. The molecule has 3 nitrogen and oxygen atoms in total. The number of carbonyl (C=O) groups is 1. The van der Waals surface area contributed by atoms with Crippen LogP contribution in [-0.2, 0) is 10.9 Å². The van der Waals surface area contributed by atoms with Gasteiger partial charge >= 0.3 is 33.0 Å². The van der Waals surface area contributed by atoms with E-state index in [0.717, 1.165) is 10.8 Å². The van der Waals surface area contributed by atoms with Crippen molar-refractivity contribution in [2.24, 2.45) is 0 Å². The number of aliphatic hydroxyl groups is 2. The fourth-order valence-electron chi connectivity index (χ4n) is 2.14. The summed E-state index contributed by atoms with van der Waals surface area (Å²) in [5.41, 5.74) is 0.706. The maximum Gasteiger partial charge on any atom is 0.211 e. The van der Waals surface area contributed by atoms with Crippen LogP contribution in [0, 0.1) is 0 Å². The van der Waals surface area contributed by atoms with E-state index in [-0.39, 0.29) is 29.9 Å². The fourth-order valence-corrected chi connectivity index (χ4v) is 3.68. The Morgan fingerprint density at radius 1 is 0.852 bits per heavy atom. The molecule has 0 bridgehead atoms. The molecule has 11 heteroatoms. The molecule has 2 rings (SSSR count). The molecule has 0 aliphatic carbocycles. The van der Waals surface area contributed by atoms with Crippen LogP contribution in [-0.4, -0.2) is 46.5 Å². The van der Waals surface area contributed by atoms with Crippen molar-refractivity contribution in [3.8, 4) is 0 Å². The third kappa shape index (κ3) is 11.9. The first-order chi connectivity index (χ1) is 12.2. The van der Waals surface area contributed by atoms with Gasteiger partial charge in [-0.1, -0.05) is 36.4 Å². The summed E-state index contributed by atoms with van der Waals surface area (Å²) in [6.45, 7) is 0.127. The Bertz CT molecular complexity index is 765. The monoisotopic (exact) mass is 436 g/mol. The fraction of sp³-hybridized carbons (Fsp3) is 0.312. The normalized spacial score (nSPS) is 14.3. The second-order valence-electron chi connectivity index (χ2n) is 5.56. The second-order valence-corrected chi connectivity index (χ2v) is 9.80. The molecular formula is C16H19F6O3PS. The largest absolute Gasteiger partial charge is 0.391 e. The molecule has 0 aromatic heterocycles. The summed E-state index contributed by atoms with van der Waals surface area (Å²) in [6.07, 6.45) is 0. The molecular weight excluding hydrogens is 417 g/mol. The summed E-state index contributed by atoms with van der Waals surface area (Å²) >= 11 is 0. The third-order valence-corrected chi connectivity index (χ3v) is 5.36. The number of aliphatic hydroxyl groups excluding tert-OH is 2. The van der Waals surface area contributed by atoms with Crippen molar-refractivity contribution in [3.63, 3.8) is 0 Å². The van der Waals surface area contributed by atoms with Gasteiger partial charge in [-0.15, -0.1) is 0 Å². The first-order valence-electron chi connectivity index (χ1n) is 7.64. The zero-order chi connectivity index (χ0) is 20.8. The number of carbonyl (C=O) groups excluding carboxylic acids is 1. The van der Waals surface area contributed by atoms with Gasteiger partial charge in [0.05, 0.1) is 13.2 Å². The minimum absolute atomic E-state index is 0.0636. The predicted octanol–water partition coefficient (Wildman–Crippen LogP) is 5.01. The topological polar surface area (TPSA) is 57.5 Å². The van der Waals surface area contributed by atoms with E-state index in [2.05, 4.69) is 0 Å². The van der Waals surface area contributed by atoms with Gasteiger partial charge in [0, 0.05) is 16.5 Å². The van der Waals surface area contributed by atoms with Crippen LogP contribution < -0.4 is 0 Å². The van der Waals surface area contributed by atoms with E-state index in [1.54, 1.807) is 0 Å². The summed E-state index contributed by atoms with van der Waals surface area (Å²) < 4.78 is 59.2. The standard InChI is InChI=1S/C16H19O3S.F6P/c17-7-9-20(10-8-18)12-16(19)15-6-5-13-3-1-2-4-14(13)11-15;1-7(2,3,4,5)6/h1-6,11,17-18H,7-10,12H2;/q+1;-1. The van der Waals surface area contributed by atoms with Crippen molar-refractivity contribution in [1.82, 2.24) is 0 Å². The zero-order valence-electron chi connectivity index (χ0n) is 14.0. The predicted molar refractivity (Wildman–Crippen MR) is 98.0 cm³/mol. The van der Waals surface area contributed by atoms with E-state index in [1.807, 2.05) is 42.5 Å². The quantitative estimate of drug-likeness (QED) is 0.278. The Morgan fingerprint density at radius 3 is 1.81 bits per heavy atom. The summed E-state index contributed by atoms with van der Waals surface area (Å²) in [7, 11) is -10.9.